The lowest BCUT2D eigenvalue weighted by atomic mass is 9.91. The first kappa shape index (κ1) is 19.6. The normalized spacial score (nSPS) is 15.7. The molecule has 3 aromatic rings. The van der Waals surface area contributed by atoms with Crippen LogP contribution in [-0.4, -0.2) is 6.09 Å². The van der Waals surface area contributed by atoms with Crippen LogP contribution in [0.3, 0.4) is 0 Å². The Morgan fingerprint density at radius 3 is 2.62 bits per heavy atom. The van der Waals surface area contributed by atoms with Crippen LogP contribution in [0.15, 0.2) is 71.2 Å². The van der Waals surface area contributed by atoms with Gasteiger partial charge in [0.05, 0.1) is 11.7 Å². The fourth-order valence-electron chi connectivity index (χ4n) is 3.67. The van der Waals surface area contributed by atoms with Crippen molar-refractivity contribution >= 4 is 27.7 Å². The molecular formula is C23H18BrF2NO2. The van der Waals surface area contributed by atoms with Crippen molar-refractivity contribution in [3.63, 3.8) is 0 Å². The number of rotatable bonds is 3. The van der Waals surface area contributed by atoms with E-state index < -0.39 is 12.1 Å². The van der Waals surface area contributed by atoms with Gasteiger partial charge < -0.3 is 4.74 Å². The van der Waals surface area contributed by atoms with Gasteiger partial charge in [0.2, 0.25) is 0 Å². The molecule has 1 unspecified atom stereocenters. The molecule has 1 amide bonds. The number of fused-ring (bicyclic) bond motifs is 1. The first-order valence-electron chi connectivity index (χ1n) is 9.26. The molecule has 0 N–H and O–H groups in total. The molecule has 0 aromatic heterocycles. The standard InChI is InChI=1S/C23H18BrF2NO2/c24-17-12-20(26)19-9-10-21(16-7-4-8-18(25)11-16)27(22(19)13-17)23(28)29-14-15-5-2-1-3-6-15/h1-8,11-13,21H,9-10,14H2. The maximum atomic E-state index is 14.5. The number of ether oxygens (including phenoxy) is 1. The van der Waals surface area contributed by atoms with Crippen molar-refractivity contribution < 1.29 is 18.3 Å². The zero-order valence-electron chi connectivity index (χ0n) is 15.4. The minimum absolute atomic E-state index is 0.0951. The van der Waals surface area contributed by atoms with Crippen LogP contribution < -0.4 is 4.90 Å². The Hall–Kier alpha value is -2.73. The monoisotopic (exact) mass is 457 g/mol. The first-order chi connectivity index (χ1) is 14.0. The number of hydrogen-bond donors (Lipinski definition) is 0. The van der Waals surface area contributed by atoms with Gasteiger partial charge in [0.15, 0.2) is 0 Å². The lowest BCUT2D eigenvalue weighted by molar-refractivity contribution is 0.143. The van der Waals surface area contributed by atoms with E-state index in [0.717, 1.165) is 5.56 Å². The van der Waals surface area contributed by atoms with Gasteiger partial charge in [0.25, 0.3) is 0 Å². The Labute approximate surface area is 176 Å². The van der Waals surface area contributed by atoms with Crippen molar-refractivity contribution in [2.24, 2.45) is 0 Å². The average Bonchev–Trinajstić information content (AvgIpc) is 2.72. The van der Waals surface area contributed by atoms with Crippen LogP contribution in [0.1, 0.15) is 29.2 Å². The minimum Gasteiger partial charge on any atom is -0.444 e. The third-order valence-corrected chi connectivity index (χ3v) is 5.47. The molecule has 1 heterocycles. The van der Waals surface area contributed by atoms with Gasteiger partial charge in [0, 0.05) is 10.0 Å². The third kappa shape index (κ3) is 4.17. The maximum Gasteiger partial charge on any atom is 0.415 e. The zero-order chi connectivity index (χ0) is 20.4. The van der Waals surface area contributed by atoms with Crippen LogP contribution >= 0.6 is 15.9 Å². The molecular weight excluding hydrogens is 440 g/mol. The van der Waals surface area contributed by atoms with Crippen LogP contribution in [-0.2, 0) is 17.8 Å². The van der Waals surface area contributed by atoms with E-state index in [4.69, 9.17) is 4.74 Å². The summed E-state index contributed by atoms with van der Waals surface area (Å²) in [7, 11) is 0. The van der Waals surface area contributed by atoms with E-state index in [1.165, 1.54) is 23.1 Å². The first-order valence-corrected chi connectivity index (χ1v) is 10.1. The second kappa shape index (κ2) is 8.33. The Morgan fingerprint density at radius 1 is 1.07 bits per heavy atom. The number of carbonyl (C=O) groups is 1. The van der Waals surface area contributed by atoms with E-state index in [9.17, 15) is 13.6 Å². The Balaban J connectivity index is 1.71. The Kier molecular flexibility index (Phi) is 5.62. The molecule has 29 heavy (non-hydrogen) atoms. The summed E-state index contributed by atoms with van der Waals surface area (Å²) < 4.78 is 34.5. The molecule has 0 aliphatic carbocycles. The second-order valence-corrected chi connectivity index (χ2v) is 7.82. The highest BCUT2D eigenvalue weighted by Crippen LogP contribution is 2.41. The van der Waals surface area contributed by atoms with Gasteiger partial charge in [0.1, 0.15) is 18.2 Å². The molecule has 6 heteroatoms. The fourth-order valence-corrected chi connectivity index (χ4v) is 4.09. The van der Waals surface area contributed by atoms with Crippen LogP contribution in [0.4, 0.5) is 19.3 Å². The van der Waals surface area contributed by atoms with E-state index >= 15 is 0 Å². The minimum atomic E-state index is -0.596. The molecule has 3 aromatic carbocycles. The predicted molar refractivity (Wildman–Crippen MR) is 111 cm³/mol. The highest BCUT2D eigenvalue weighted by Gasteiger charge is 2.35. The highest BCUT2D eigenvalue weighted by atomic mass is 79.9. The van der Waals surface area contributed by atoms with E-state index in [0.29, 0.717) is 34.1 Å². The summed E-state index contributed by atoms with van der Waals surface area (Å²) in [6, 6.07) is 18.1. The molecule has 0 saturated carbocycles. The van der Waals surface area contributed by atoms with Gasteiger partial charge >= 0.3 is 6.09 Å². The number of hydrogen-bond acceptors (Lipinski definition) is 2. The molecule has 3 nitrogen and oxygen atoms in total. The van der Waals surface area contributed by atoms with Crippen LogP contribution in [0.25, 0.3) is 0 Å². The Morgan fingerprint density at radius 2 is 1.86 bits per heavy atom. The number of benzene rings is 3. The molecule has 4 rings (SSSR count). The average molecular weight is 458 g/mol. The summed E-state index contributed by atoms with van der Waals surface area (Å²) >= 11 is 3.30. The molecule has 148 valence electrons. The Bertz CT molecular complexity index is 1040. The van der Waals surface area contributed by atoms with E-state index in [2.05, 4.69) is 15.9 Å². The van der Waals surface area contributed by atoms with Crippen molar-refractivity contribution in [2.75, 3.05) is 4.90 Å². The summed E-state index contributed by atoms with van der Waals surface area (Å²) in [5, 5.41) is 0. The largest absolute Gasteiger partial charge is 0.444 e. The summed E-state index contributed by atoms with van der Waals surface area (Å²) in [6.07, 6.45) is 0.314. The molecule has 0 fully saturated rings. The van der Waals surface area contributed by atoms with Crippen molar-refractivity contribution in [1.82, 2.24) is 0 Å². The topological polar surface area (TPSA) is 29.5 Å². The molecule has 0 spiro atoms. The van der Waals surface area contributed by atoms with Crippen LogP contribution in [0.2, 0.25) is 0 Å². The number of carbonyl (C=O) groups excluding carboxylic acids is 1. The lowest BCUT2D eigenvalue weighted by Gasteiger charge is -2.37. The summed E-state index contributed by atoms with van der Waals surface area (Å²) in [6.45, 7) is 0.0951. The summed E-state index contributed by atoms with van der Waals surface area (Å²) in [4.78, 5) is 14.5. The molecule has 0 bridgehead atoms. The van der Waals surface area contributed by atoms with Gasteiger partial charge in [-0.1, -0.05) is 58.4 Å². The van der Waals surface area contributed by atoms with Crippen molar-refractivity contribution in [2.45, 2.75) is 25.5 Å². The van der Waals surface area contributed by atoms with Gasteiger partial charge in [-0.05, 0) is 48.2 Å². The van der Waals surface area contributed by atoms with Crippen LogP contribution in [0, 0.1) is 11.6 Å². The van der Waals surface area contributed by atoms with Gasteiger partial charge in [-0.15, -0.1) is 0 Å². The third-order valence-electron chi connectivity index (χ3n) is 5.01. The summed E-state index contributed by atoms with van der Waals surface area (Å²) in [5.74, 6) is -0.765. The van der Waals surface area contributed by atoms with Crippen molar-refractivity contribution in [3.05, 3.63) is 99.5 Å². The number of amides is 1. The maximum absolute atomic E-state index is 14.5. The fraction of sp³-hybridized carbons (Fsp3) is 0.174. The van der Waals surface area contributed by atoms with Crippen LogP contribution in [0.5, 0.6) is 0 Å². The molecule has 1 atom stereocenters. The molecule has 0 saturated heterocycles. The van der Waals surface area contributed by atoms with E-state index in [1.807, 2.05) is 30.3 Å². The molecule has 0 radical (unpaired) electrons. The van der Waals surface area contributed by atoms with E-state index in [1.54, 1.807) is 18.2 Å². The van der Waals surface area contributed by atoms with Crippen molar-refractivity contribution in [1.29, 1.82) is 0 Å². The smallest absolute Gasteiger partial charge is 0.415 e. The summed E-state index contributed by atoms with van der Waals surface area (Å²) in [5.41, 5.74) is 2.39. The van der Waals surface area contributed by atoms with Gasteiger partial charge in [-0.3, -0.25) is 4.90 Å². The van der Waals surface area contributed by atoms with E-state index in [-0.39, 0.29) is 18.2 Å². The molecule has 1 aliphatic heterocycles. The predicted octanol–water partition coefficient (Wildman–Crippen LogP) is 6.56. The second-order valence-electron chi connectivity index (χ2n) is 6.90. The zero-order valence-corrected chi connectivity index (χ0v) is 17.0. The number of nitrogens with zero attached hydrogens (tertiary/aromatic N) is 1. The van der Waals surface area contributed by atoms with Crippen molar-refractivity contribution in [3.8, 4) is 0 Å². The quantitative estimate of drug-likeness (QED) is 0.445. The van der Waals surface area contributed by atoms with Gasteiger partial charge in [-0.25, -0.2) is 13.6 Å². The van der Waals surface area contributed by atoms with Gasteiger partial charge in [-0.2, -0.15) is 0 Å². The highest BCUT2D eigenvalue weighted by molar-refractivity contribution is 9.10. The SMILES string of the molecule is O=C(OCc1ccccc1)N1c2cc(Br)cc(F)c2CCC1c1cccc(F)c1. The lowest BCUT2D eigenvalue weighted by Crippen LogP contribution is -2.39. The number of halogens is 3. The molecule has 1 aliphatic rings. The number of anilines is 1.